The van der Waals surface area contributed by atoms with Crippen molar-refractivity contribution in [3.8, 4) is 0 Å². The van der Waals surface area contributed by atoms with E-state index in [1.807, 2.05) is 0 Å². The second-order valence-electron chi connectivity index (χ2n) is 6.18. The van der Waals surface area contributed by atoms with Crippen LogP contribution in [0.5, 0.6) is 0 Å². The average molecular weight is 352 g/mol. The standard InChI is InChI=1S/C16H20N2O5S/c1-11(19)17-9-7-12-10-13(5-6-14(12)17)24(22,23)18-8-3-2-4-15(18)16(20)21/h5-6,10,15H,2-4,7-9H2,1H3,(H,20,21)/t15-/m1/s1. The first-order valence-electron chi connectivity index (χ1n) is 7.98. The summed E-state index contributed by atoms with van der Waals surface area (Å²) in [4.78, 5) is 24.7. The minimum absolute atomic E-state index is 0.0775. The van der Waals surface area contributed by atoms with Crippen molar-refractivity contribution in [2.75, 3.05) is 18.0 Å². The monoisotopic (exact) mass is 352 g/mol. The van der Waals surface area contributed by atoms with Crippen LogP contribution in [-0.2, 0) is 26.0 Å². The first kappa shape index (κ1) is 16.9. The molecule has 1 aromatic rings. The maximum atomic E-state index is 12.9. The van der Waals surface area contributed by atoms with Gasteiger partial charge in [-0.05, 0) is 49.4 Å². The fourth-order valence-corrected chi connectivity index (χ4v) is 5.14. The van der Waals surface area contributed by atoms with Gasteiger partial charge in [-0.3, -0.25) is 9.59 Å². The van der Waals surface area contributed by atoms with Crippen LogP contribution in [0.3, 0.4) is 0 Å². The van der Waals surface area contributed by atoms with Gasteiger partial charge in [-0.2, -0.15) is 4.31 Å². The Morgan fingerprint density at radius 2 is 1.96 bits per heavy atom. The SMILES string of the molecule is CC(=O)N1CCc2cc(S(=O)(=O)N3CCCC[C@@H]3C(=O)O)ccc21. The molecule has 3 rings (SSSR count). The number of nitrogens with zero attached hydrogens (tertiary/aromatic N) is 2. The molecule has 8 heteroatoms. The van der Waals surface area contributed by atoms with Crippen LogP contribution in [0.1, 0.15) is 31.7 Å². The van der Waals surface area contributed by atoms with Gasteiger partial charge in [0.1, 0.15) is 6.04 Å². The predicted molar refractivity (Wildman–Crippen MR) is 87.3 cm³/mol. The molecule has 2 aliphatic rings. The van der Waals surface area contributed by atoms with Crippen molar-refractivity contribution in [2.45, 2.75) is 43.5 Å². The normalized spacial score (nSPS) is 21.5. The Kier molecular flexibility index (Phi) is 4.35. The zero-order valence-corrected chi connectivity index (χ0v) is 14.3. The lowest BCUT2D eigenvalue weighted by atomic mass is 10.1. The summed E-state index contributed by atoms with van der Waals surface area (Å²) in [7, 11) is -3.87. The van der Waals surface area contributed by atoms with E-state index in [1.165, 1.54) is 13.0 Å². The van der Waals surface area contributed by atoms with Gasteiger partial charge in [0.25, 0.3) is 0 Å². The second-order valence-corrected chi connectivity index (χ2v) is 8.07. The lowest BCUT2D eigenvalue weighted by molar-refractivity contribution is -0.142. The lowest BCUT2D eigenvalue weighted by Gasteiger charge is -2.32. The molecule has 0 unspecified atom stereocenters. The van der Waals surface area contributed by atoms with E-state index in [1.54, 1.807) is 17.0 Å². The number of carboxylic acids is 1. The highest BCUT2D eigenvalue weighted by Gasteiger charge is 2.38. The highest BCUT2D eigenvalue weighted by Crippen LogP contribution is 2.32. The number of carboxylic acid groups (broad SMARTS) is 1. The molecule has 0 spiro atoms. The highest BCUT2D eigenvalue weighted by atomic mass is 32.2. The maximum absolute atomic E-state index is 12.9. The molecule has 2 heterocycles. The Bertz CT molecular complexity index is 790. The molecule has 0 saturated carbocycles. The summed E-state index contributed by atoms with van der Waals surface area (Å²) >= 11 is 0. The zero-order valence-electron chi connectivity index (χ0n) is 13.4. The van der Waals surface area contributed by atoms with Crippen LogP contribution >= 0.6 is 0 Å². The Morgan fingerprint density at radius 3 is 2.62 bits per heavy atom. The molecule has 0 radical (unpaired) electrons. The molecule has 7 nitrogen and oxygen atoms in total. The minimum atomic E-state index is -3.87. The van der Waals surface area contributed by atoms with Crippen LogP contribution in [0.15, 0.2) is 23.1 Å². The van der Waals surface area contributed by atoms with Gasteiger partial charge >= 0.3 is 5.97 Å². The molecule has 1 N–H and O–H groups in total. The van der Waals surface area contributed by atoms with E-state index in [2.05, 4.69) is 0 Å². The summed E-state index contributed by atoms with van der Waals surface area (Å²) in [5.74, 6) is -1.19. The number of fused-ring (bicyclic) bond motifs is 1. The number of anilines is 1. The van der Waals surface area contributed by atoms with Crippen LogP contribution < -0.4 is 4.90 Å². The van der Waals surface area contributed by atoms with E-state index in [9.17, 15) is 23.1 Å². The Balaban J connectivity index is 1.96. The molecule has 1 aromatic carbocycles. The van der Waals surface area contributed by atoms with Crippen molar-refractivity contribution in [3.05, 3.63) is 23.8 Å². The van der Waals surface area contributed by atoms with E-state index in [-0.39, 0.29) is 17.3 Å². The van der Waals surface area contributed by atoms with Gasteiger partial charge in [-0.1, -0.05) is 0 Å². The van der Waals surface area contributed by atoms with Gasteiger partial charge in [0, 0.05) is 25.7 Å². The first-order valence-corrected chi connectivity index (χ1v) is 9.42. The van der Waals surface area contributed by atoms with Crippen LogP contribution in [0.25, 0.3) is 0 Å². The lowest BCUT2D eigenvalue weighted by Crippen LogP contribution is -2.47. The summed E-state index contributed by atoms with van der Waals surface area (Å²) in [5.41, 5.74) is 1.53. The predicted octanol–water partition coefficient (Wildman–Crippen LogP) is 1.22. The van der Waals surface area contributed by atoms with Crippen molar-refractivity contribution in [3.63, 3.8) is 0 Å². The third kappa shape index (κ3) is 2.80. The number of hydrogen-bond acceptors (Lipinski definition) is 4. The molecule has 24 heavy (non-hydrogen) atoms. The molecule has 1 amide bonds. The Hall–Kier alpha value is -1.93. The van der Waals surface area contributed by atoms with Crippen molar-refractivity contribution < 1.29 is 23.1 Å². The number of amides is 1. The number of benzene rings is 1. The largest absolute Gasteiger partial charge is 0.480 e. The first-order chi connectivity index (χ1) is 11.3. The number of sulfonamides is 1. The minimum Gasteiger partial charge on any atom is -0.480 e. The number of hydrogen-bond donors (Lipinski definition) is 1. The van der Waals surface area contributed by atoms with Crippen molar-refractivity contribution in [1.29, 1.82) is 0 Å². The number of carbonyl (C=O) groups excluding carboxylic acids is 1. The van der Waals surface area contributed by atoms with E-state index in [4.69, 9.17) is 0 Å². The fourth-order valence-electron chi connectivity index (χ4n) is 3.44. The van der Waals surface area contributed by atoms with Gasteiger partial charge in [0.05, 0.1) is 4.90 Å². The van der Waals surface area contributed by atoms with E-state index < -0.39 is 22.0 Å². The molecule has 0 aliphatic carbocycles. The molecule has 0 bridgehead atoms. The summed E-state index contributed by atoms with van der Waals surface area (Å²) < 4.78 is 26.9. The second kappa shape index (κ2) is 6.18. The molecular formula is C16H20N2O5S. The van der Waals surface area contributed by atoms with Gasteiger partial charge in [-0.15, -0.1) is 0 Å². The number of rotatable bonds is 3. The summed E-state index contributed by atoms with van der Waals surface area (Å²) in [6, 6.07) is 3.66. The van der Waals surface area contributed by atoms with Gasteiger partial charge in [-0.25, -0.2) is 8.42 Å². The topological polar surface area (TPSA) is 95.0 Å². The summed E-state index contributed by atoms with van der Waals surface area (Å²) in [6.45, 7) is 2.23. The smallest absolute Gasteiger partial charge is 0.322 e. The van der Waals surface area contributed by atoms with Gasteiger partial charge in [0.2, 0.25) is 15.9 Å². The quantitative estimate of drug-likeness (QED) is 0.883. The average Bonchev–Trinajstić information content (AvgIpc) is 2.98. The molecule has 0 aromatic heterocycles. The molecule has 1 fully saturated rings. The Labute approximate surface area is 140 Å². The highest BCUT2D eigenvalue weighted by molar-refractivity contribution is 7.89. The third-order valence-electron chi connectivity index (χ3n) is 4.67. The van der Waals surface area contributed by atoms with Crippen molar-refractivity contribution in [1.82, 2.24) is 4.31 Å². The maximum Gasteiger partial charge on any atom is 0.322 e. The number of carbonyl (C=O) groups is 2. The molecule has 2 aliphatic heterocycles. The fraction of sp³-hybridized carbons (Fsp3) is 0.500. The summed E-state index contributed by atoms with van der Waals surface area (Å²) in [5, 5.41) is 9.32. The van der Waals surface area contributed by atoms with Crippen LogP contribution in [-0.4, -0.2) is 48.8 Å². The molecular weight excluding hydrogens is 332 g/mol. The summed E-state index contributed by atoms with van der Waals surface area (Å²) in [6.07, 6.45) is 2.30. The van der Waals surface area contributed by atoms with Crippen LogP contribution in [0, 0.1) is 0 Å². The molecule has 130 valence electrons. The van der Waals surface area contributed by atoms with Gasteiger partial charge in [0.15, 0.2) is 0 Å². The van der Waals surface area contributed by atoms with Crippen LogP contribution in [0.2, 0.25) is 0 Å². The van der Waals surface area contributed by atoms with Crippen LogP contribution in [0.4, 0.5) is 5.69 Å². The Morgan fingerprint density at radius 1 is 1.21 bits per heavy atom. The number of aliphatic carboxylic acids is 1. The van der Waals surface area contributed by atoms with E-state index in [0.29, 0.717) is 32.2 Å². The van der Waals surface area contributed by atoms with Crippen molar-refractivity contribution in [2.24, 2.45) is 0 Å². The number of piperidine rings is 1. The molecule has 1 atom stereocenters. The zero-order chi connectivity index (χ0) is 17.5. The van der Waals surface area contributed by atoms with Crippen molar-refractivity contribution >= 4 is 27.6 Å². The van der Waals surface area contributed by atoms with E-state index >= 15 is 0 Å². The third-order valence-corrected chi connectivity index (χ3v) is 6.58. The van der Waals surface area contributed by atoms with E-state index in [0.717, 1.165) is 15.6 Å². The van der Waals surface area contributed by atoms with Gasteiger partial charge < -0.3 is 10.0 Å². The molecule has 1 saturated heterocycles.